The summed E-state index contributed by atoms with van der Waals surface area (Å²) in [5, 5.41) is 3.79. The van der Waals surface area contributed by atoms with Crippen LogP contribution in [0.5, 0.6) is 5.75 Å². The summed E-state index contributed by atoms with van der Waals surface area (Å²) in [5.41, 5.74) is 3.37. The predicted octanol–water partition coefficient (Wildman–Crippen LogP) is 4.92. The van der Waals surface area contributed by atoms with Crippen LogP contribution in [-0.4, -0.2) is 68.6 Å². The summed E-state index contributed by atoms with van der Waals surface area (Å²) in [6.07, 6.45) is 1.94. The molecule has 10 nitrogen and oxygen atoms in total. The van der Waals surface area contributed by atoms with Crippen molar-refractivity contribution in [3.05, 3.63) is 48.0 Å². The molecule has 10 heteroatoms. The van der Waals surface area contributed by atoms with Gasteiger partial charge in [-0.25, -0.2) is 9.78 Å². The standard InChI is InChI=1S/C32H37N5O5/c1-32(2,3)42-31(40)34-23-18-36(13-12-26(23)38)30(39)21-14-22-28(27(16-21)41-5)35(4)29(33-22)25-15-20-8-6-7-9-24(20)37(25)17-19-10-11-19/h6-9,14-16,19,23H,10-13,17-18H2,1-5H3,(H,34,40)/t23-/m0/s1. The molecule has 4 aromatic rings. The van der Waals surface area contributed by atoms with E-state index in [4.69, 9.17) is 14.5 Å². The van der Waals surface area contributed by atoms with E-state index in [0.29, 0.717) is 22.7 Å². The Bertz CT molecular complexity index is 1710. The fraction of sp³-hybridized carbons (Fsp3) is 0.438. The second-order valence-electron chi connectivity index (χ2n) is 12.3. The van der Waals surface area contributed by atoms with Crippen molar-refractivity contribution in [3.63, 3.8) is 0 Å². The van der Waals surface area contributed by atoms with Gasteiger partial charge in [-0.3, -0.25) is 9.59 Å². The SMILES string of the molecule is COc1cc(C(=O)N2CCC(=O)[C@@H](NC(=O)OC(C)(C)C)C2)cc2nc(-c3cc4ccccc4n3CC3CC3)n(C)c12. The van der Waals surface area contributed by atoms with Crippen molar-refractivity contribution in [3.8, 4) is 17.3 Å². The lowest BCUT2D eigenvalue weighted by molar-refractivity contribution is -0.123. The van der Waals surface area contributed by atoms with Crippen molar-refractivity contribution in [2.75, 3.05) is 20.2 Å². The third-order valence-corrected chi connectivity index (χ3v) is 7.98. The molecular weight excluding hydrogens is 534 g/mol. The molecule has 2 aromatic carbocycles. The number of carbonyl (C=O) groups excluding carboxylic acids is 3. The zero-order valence-electron chi connectivity index (χ0n) is 24.8. The number of carbonyl (C=O) groups is 3. The Morgan fingerprint density at radius 1 is 1.12 bits per heavy atom. The summed E-state index contributed by atoms with van der Waals surface area (Å²) < 4.78 is 15.5. The van der Waals surface area contributed by atoms with Gasteiger partial charge in [0.1, 0.15) is 22.9 Å². The first kappa shape index (κ1) is 27.8. The Kier molecular flexibility index (Phi) is 6.95. The Morgan fingerprint density at radius 3 is 2.60 bits per heavy atom. The number of aromatic nitrogens is 3. The molecule has 1 saturated heterocycles. The number of Topliss-reactive ketones (excluding diaryl/α,β-unsaturated/α-hetero) is 1. The van der Waals surface area contributed by atoms with Gasteiger partial charge in [0.15, 0.2) is 11.6 Å². The second kappa shape index (κ2) is 10.5. The van der Waals surface area contributed by atoms with Gasteiger partial charge in [-0.2, -0.15) is 0 Å². The molecule has 3 heterocycles. The summed E-state index contributed by atoms with van der Waals surface area (Å²) >= 11 is 0. The molecule has 0 spiro atoms. The molecule has 1 atom stereocenters. The monoisotopic (exact) mass is 571 g/mol. The first-order chi connectivity index (χ1) is 20.0. The minimum absolute atomic E-state index is 0.0615. The number of methoxy groups -OCH3 is 1. The molecule has 42 heavy (non-hydrogen) atoms. The van der Waals surface area contributed by atoms with E-state index in [0.717, 1.165) is 29.0 Å². The lowest BCUT2D eigenvalue weighted by Crippen LogP contribution is -2.55. The number of ether oxygens (including phenoxy) is 2. The molecular formula is C32H37N5O5. The Balaban J connectivity index is 1.32. The van der Waals surface area contributed by atoms with E-state index >= 15 is 0 Å². The van der Waals surface area contributed by atoms with Crippen molar-refractivity contribution in [2.24, 2.45) is 13.0 Å². The average Bonchev–Trinajstić information content (AvgIpc) is 3.61. The van der Waals surface area contributed by atoms with Crippen molar-refractivity contribution < 1.29 is 23.9 Å². The van der Waals surface area contributed by atoms with Crippen LogP contribution in [0.15, 0.2) is 42.5 Å². The number of hydrogen-bond acceptors (Lipinski definition) is 6. The molecule has 220 valence electrons. The molecule has 2 aliphatic rings. The molecule has 1 saturated carbocycles. The van der Waals surface area contributed by atoms with Gasteiger partial charge in [-0.15, -0.1) is 0 Å². The van der Waals surface area contributed by atoms with Gasteiger partial charge in [0.2, 0.25) is 0 Å². The number of aryl methyl sites for hydroxylation is 1. The lowest BCUT2D eigenvalue weighted by Gasteiger charge is -2.32. The van der Waals surface area contributed by atoms with Crippen molar-refractivity contribution in [1.29, 1.82) is 0 Å². The first-order valence-electron chi connectivity index (χ1n) is 14.5. The number of imidazole rings is 1. The maximum atomic E-state index is 13.7. The number of para-hydroxylation sites is 1. The van der Waals surface area contributed by atoms with Gasteiger partial charge in [0.05, 0.1) is 18.3 Å². The zero-order valence-corrected chi connectivity index (χ0v) is 24.8. The van der Waals surface area contributed by atoms with Crippen LogP contribution in [-0.2, 0) is 23.1 Å². The number of rotatable bonds is 6. The van der Waals surface area contributed by atoms with Gasteiger partial charge in [-0.05, 0) is 63.8 Å². The maximum Gasteiger partial charge on any atom is 0.408 e. The van der Waals surface area contributed by atoms with Gasteiger partial charge in [-0.1, -0.05) is 18.2 Å². The van der Waals surface area contributed by atoms with Crippen molar-refractivity contribution in [1.82, 2.24) is 24.3 Å². The fourth-order valence-electron chi connectivity index (χ4n) is 5.75. The number of amides is 2. The van der Waals surface area contributed by atoms with Gasteiger partial charge in [0, 0.05) is 49.6 Å². The summed E-state index contributed by atoms with van der Waals surface area (Å²) in [5.74, 6) is 1.63. The molecule has 2 amide bonds. The summed E-state index contributed by atoms with van der Waals surface area (Å²) in [4.78, 5) is 45.2. The van der Waals surface area contributed by atoms with Crippen LogP contribution in [0, 0.1) is 5.92 Å². The van der Waals surface area contributed by atoms with E-state index < -0.39 is 17.7 Å². The van der Waals surface area contributed by atoms with E-state index in [2.05, 4.69) is 34.1 Å². The topological polar surface area (TPSA) is 108 Å². The number of ketones is 1. The minimum Gasteiger partial charge on any atom is -0.494 e. The van der Waals surface area contributed by atoms with E-state index in [1.54, 1.807) is 44.9 Å². The van der Waals surface area contributed by atoms with E-state index in [1.165, 1.54) is 18.4 Å². The number of alkyl carbamates (subject to hydrolysis) is 1. The molecule has 2 aromatic heterocycles. The third-order valence-electron chi connectivity index (χ3n) is 7.98. The Hall–Kier alpha value is -4.34. The van der Waals surface area contributed by atoms with E-state index in [9.17, 15) is 14.4 Å². The first-order valence-corrected chi connectivity index (χ1v) is 14.5. The minimum atomic E-state index is -0.835. The van der Waals surface area contributed by atoms with Crippen molar-refractivity contribution in [2.45, 2.75) is 58.2 Å². The second-order valence-corrected chi connectivity index (χ2v) is 12.3. The zero-order chi connectivity index (χ0) is 29.8. The maximum absolute atomic E-state index is 13.7. The molecule has 0 bridgehead atoms. The van der Waals surface area contributed by atoms with E-state index in [1.807, 2.05) is 17.7 Å². The quantitative estimate of drug-likeness (QED) is 0.352. The molecule has 0 unspecified atom stereocenters. The number of nitrogens with one attached hydrogen (secondary N) is 1. The smallest absolute Gasteiger partial charge is 0.408 e. The van der Waals surface area contributed by atoms with Crippen LogP contribution in [0.4, 0.5) is 4.79 Å². The number of benzene rings is 2. The van der Waals surface area contributed by atoms with Crippen molar-refractivity contribution >= 4 is 39.7 Å². The molecule has 6 rings (SSSR count). The molecule has 1 N–H and O–H groups in total. The van der Waals surface area contributed by atoms with Crippen LogP contribution in [0.1, 0.15) is 50.4 Å². The Labute approximate surface area is 244 Å². The number of nitrogens with zero attached hydrogens (tertiary/aromatic N) is 4. The number of piperidine rings is 1. The van der Waals surface area contributed by atoms with Crippen LogP contribution in [0.2, 0.25) is 0 Å². The third kappa shape index (κ3) is 5.33. The largest absolute Gasteiger partial charge is 0.494 e. The predicted molar refractivity (Wildman–Crippen MR) is 160 cm³/mol. The molecule has 2 fully saturated rings. The van der Waals surface area contributed by atoms with E-state index in [-0.39, 0.29) is 31.2 Å². The lowest BCUT2D eigenvalue weighted by atomic mass is 10.0. The van der Waals surface area contributed by atoms with Crippen LogP contribution >= 0.6 is 0 Å². The van der Waals surface area contributed by atoms with Gasteiger partial charge >= 0.3 is 6.09 Å². The number of likely N-dealkylation sites (tertiary alicyclic amines) is 1. The molecule has 0 radical (unpaired) electrons. The normalized spacial score (nSPS) is 17.6. The highest BCUT2D eigenvalue weighted by atomic mass is 16.6. The van der Waals surface area contributed by atoms with Gasteiger partial charge < -0.3 is 28.8 Å². The molecule has 1 aliphatic heterocycles. The highest BCUT2D eigenvalue weighted by Crippen LogP contribution is 2.38. The Morgan fingerprint density at radius 2 is 1.88 bits per heavy atom. The highest BCUT2D eigenvalue weighted by Gasteiger charge is 2.33. The fourth-order valence-corrected chi connectivity index (χ4v) is 5.75. The summed E-state index contributed by atoms with van der Waals surface area (Å²) in [6, 6.07) is 13.2. The van der Waals surface area contributed by atoms with Gasteiger partial charge in [0.25, 0.3) is 5.91 Å². The number of hydrogen-bond donors (Lipinski definition) is 1. The highest BCUT2D eigenvalue weighted by molar-refractivity contribution is 6.01. The molecule has 1 aliphatic carbocycles. The summed E-state index contributed by atoms with van der Waals surface area (Å²) in [6.45, 7) is 6.53. The van der Waals surface area contributed by atoms with Crippen LogP contribution in [0.3, 0.4) is 0 Å². The van der Waals surface area contributed by atoms with Crippen LogP contribution < -0.4 is 10.1 Å². The summed E-state index contributed by atoms with van der Waals surface area (Å²) in [7, 11) is 3.55. The average molecular weight is 572 g/mol. The number of fused-ring (bicyclic) bond motifs is 2. The van der Waals surface area contributed by atoms with Crippen LogP contribution in [0.25, 0.3) is 33.5 Å².